The second-order valence-electron chi connectivity index (χ2n) is 9.01. The predicted molar refractivity (Wildman–Crippen MR) is 168 cm³/mol. The number of rotatable bonds is 6. The summed E-state index contributed by atoms with van der Waals surface area (Å²) in [6.45, 7) is 0. The van der Waals surface area contributed by atoms with Crippen LogP contribution in [0.25, 0.3) is 20.2 Å². The van der Waals surface area contributed by atoms with Crippen molar-refractivity contribution in [3.8, 4) is 0 Å². The summed E-state index contributed by atoms with van der Waals surface area (Å²) in [5, 5.41) is 7.04. The van der Waals surface area contributed by atoms with Gasteiger partial charge in [-0.3, -0.25) is 0 Å². The van der Waals surface area contributed by atoms with Crippen LogP contribution in [0.3, 0.4) is 0 Å². The van der Waals surface area contributed by atoms with E-state index in [1.807, 2.05) is 45.3 Å². The molecule has 3 aromatic carbocycles. The van der Waals surface area contributed by atoms with E-state index in [0.29, 0.717) is 0 Å². The Labute approximate surface area is 240 Å². The molecule has 0 N–H and O–H groups in total. The van der Waals surface area contributed by atoms with Crippen LogP contribution in [0.5, 0.6) is 0 Å². The Bertz CT molecular complexity index is 1740. The van der Waals surface area contributed by atoms with E-state index < -0.39 is 0 Å². The van der Waals surface area contributed by atoms with Gasteiger partial charge in [-0.25, -0.2) is 0 Å². The fourth-order valence-corrected chi connectivity index (χ4v) is 10.1. The second-order valence-corrected chi connectivity index (χ2v) is 14.1. The first-order valence-corrected chi connectivity index (χ1v) is 16.3. The molecular weight excluding hydrogens is 593 g/mol. The van der Waals surface area contributed by atoms with E-state index in [2.05, 4.69) is 130 Å². The van der Waals surface area contributed by atoms with Gasteiger partial charge >= 0.3 is 0 Å². The molecule has 0 nitrogen and oxygen atoms in total. The van der Waals surface area contributed by atoms with Crippen LogP contribution < -0.4 is 0 Å². The molecule has 0 aliphatic heterocycles. The number of benzene rings is 3. The van der Waals surface area contributed by atoms with Crippen molar-refractivity contribution < 1.29 is 0 Å². The third-order valence-electron chi connectivity index (χ3n) is 6.80. The molecule has 4 heterocycles. The number of halogens is 1. The number of thiophene rings is 4. The maximum absolute atomic E-state index is 4.03. The summed E-state index contributed by atoms with van der Waals surface area (Å²) >= 11 is 11.6. The van der Waals surface area contributed by atoms with E-state index in [4.69, 9.17) is 0 Å². The average molecular weight is 614 g/mol. The van der Waals surface area contributed by atoms with Crippen LogP contribution in [0.15, 0.2) is 118 Å². The minimum absolute atomic E-state index is 0.166. The highest BCUT2D eigenvalue weighted by atomic mass is 79.9. The maximum Gasteiger partial charge on any atom is 0.0542 e. The molecule has 0 aliphatic carbocycles. The fourth-order valence-electron chi connectivity index (χ4n) is 5.18. The van der Waals surface area contributed by atoms with Gasteiger partial charge in [-0.15, -0.1) is 45.3 Å². The van der Waals surface area contributed by atoms with Gasteiger partial charge in [-0.2, -0.15) is 0 Å². The van der Waals surface area contributed by atoms with Crippen molar-refractivity contribution in [2.75, 3.05) is 0 Å². The Kier molecular flexibility index (Phi) is 6.35. The first-order chi connectivity index (χ1) is 18.3. The minimum Gasteiger partial charge on any atom is -0.148 e. The van der Waals surface area contributed by atoms with Crippen molar-refractivity contribution >= 4 is 81.4 Å². The van der Waals surface area contributed by atoms with Crippen LogP contribution in [-0.4, -0.2) is 0 Å². The Morgan fingerprint density at radius 1 is 0.514 bits per heavy atom. The van der Waals surface area contributed by atoms with Crippen LogP contribution in [-0.2, 0) is 0 Å². The van der Waals surface area contributed by atoms with Gasteiger partial charge in [0.2, 0.25) is 0 Å². The van der Waals surface area contributed by atoms with Crippen molar-refractivity contribution in [3.63, 3.8) is 0 Å². The first kappa shape index (κ1) is 23.6. The van der Waals surface area contributed by atoms with E-state index in [1.165, 1.54) is 55.3 Å². The molecule has 180 valence electrons. The number of hydrogen-bond acceptors (Lipinski definition) is 4. The van der Waals surface area contributed by atoms with E-state index in [0.717, 1.165) is 0 Å². The molecule has 0 fully saturated rings. The van der Waals surface area contributed by atoms with E-state index in [1.54, 1.807) is 0 Å². The second kappa shape index (κ2) is 9.97. The smallest absolute Gasteiger partial charge is 0.0542 e. The summed E-state index contributed by atoms with van der Waals surface area (Å²) in [4.78, 5) is 5.54. The lowest BCUT2D eigenvalue weighted by Gasteiger charge is -2.25. The molecule has 0 saturated carbocycles. The van der Waals surface area contributed by atoms with Gasteiger partial charge < -0.3 is 0 Å². The molecule has 0 spiro atoms. The van der Waals surface area contributed by atoms with Gasteiger partial charge in [-0.05, 0) is 75.1 Å². The van der Waals surface area contributed by atoms with Crippen molar-refractivity contribution in [1.29, 1.82) is 0 Å². The highest BCUT2D eigenvalue weighted by molar-refractivity contribution is 9.10. The average Bonchev–Trinajstić information content (AvgIpc) is 3.72. The summed E-state index contributed by atoms with van der Waals surface area (Å²) in [6, 6.07) is 38.0. The molecule has 2 unspecified atom stereocenters. The lowest BCUT2D eigenvalue weighted by atomic mass is 9.84. The Hall–Kier alpha value is -2.54. The highest BCUT2D eigenvalue weighted by Gasteiger charge is 2.30. The largest absolute Gasteiger partial charge is 0.148 e. The zero-order valence-electron chi connectivity index (χ0n) is 19.6. The minimum atomic E-state index is 0.166. The van der Waals surface area contributed by atoms with Gasteiger partial charge in [0.15, 0.2) is 0 Å². The van der Waals surface area contributed by atoms with Crippen molar-refractivity contribution in [3.05, 3.63) is 149 Å². The lowest BCUT2D eigenvalue weighted by Crippen LogP contribution is -2.10. The lowest BCUT2D eigenvalue weighted by molar-refractivity contribution is 0.936. The van der Waals surface area contributed by atoms with E-state index >= 15 is 0 Å². The topological polar surface area (TPSA) is 0 Å². The van der Waals surface area contributed by atoms with Crippen LogP contribution in [0.2, 0.25) is 0 Å². The van der Waals surface area contributed by atoms with Crippen LogP contribution >= 0.6 is 61.3 Å². The number of hydrogen-bond donors (Lipinski definition) is 0. The molecule has 4 aromatic heterocycles. The normalized spacial score (nSPS) is 13.3. The van der Waals surface area contributed by atoms with Gasteiger partial charge in [-0.1, -0.05) is 76.6 Å². The fraction of sp³-hybridized carbons (Fsp3) is 0.0625. The molecule has 0 saturated heterocycles. The van der Waals surface area contributed by atoms with Crippen LogP contribution in [0.4, 0.5) is 0 Å². The van der Waals surface area contributed by atoms with E-state index in [9.17, 15) is 0 Å². The van der Waals surface area contributed by atoms with E-state index in [-0.39, 0.29) is 11.8 Å². The van der Waals surface area contributed by atoms with Crippen molar-refractivity contribution in [2.24, 2.45) is 0 Å². The Morgan fingerprint density at radius 3 is 1.65 bits per heavy atom. The van der Waals surface area contributed by atoms with Gasteiger partial charge in [0, 0.05) is 33.4 Å². The summed E-state index contributed by atoms with van der Waals surface area (Å²) in [5.41, 5.74) is 2.74. The molecule has 2 atom stereocenters. The number of fused-ring (bicyclic) bond motifs is 2. The van der Waals surface area contributed by atoms with Gasteiger partial charge in [0.05, 0.1) is 11.8 Å². The van der Waals surface area contributed by atoms with Gasteiger partial charge in [0.1, 0.15) is 0 Å². The highest BCUT2D eigenvalue weighted by Crippen LogP contribution is 2.49. The van der Waals surface area contributed by atoms with Gasteiger partial charge in [0.25, 0.3) is 0 Å². The summed E-state index contributed by atoms with van der Waals surface area (Å²) in [5.74, 6) is 0.349. The molecule has 7 rings (SSSR count). The maximum atomic E-state index is 4.03. The Morgan fingerprint density at radius 2 is 1.08 bits per heavy atom. The van der Waals surface area contributed by atoms with Crippen molar-refractivity contribution in [1.82, 2.24) is 0 Å². The molecule has 5 heteroatoms. The third kappa shape index (κ3) is 4.33. The van der Waals surface area contributed by atoms with Crippen LogP contribution in [0, 0.1) is 0 Å². The summed E-state index contributed by atoms with van der Waals surface area (Å²) in [6.07, 6.45) is 0. The zero-order chi connectivity index (χ0) is 24.8. The van der Waals surface area contributed by atoms with Crippen molar-refractivity contribution in [2.45, 2.75) is 11.8 Å². The molecule has 37 heavy (non-hydrogen) atoms. The SMILES string of the molecule is Brc1cccc(C(c2cccs2)c2cc3ccccc3s2)c1C(c1cccs1)c1cc2ccccc2s1. The summed E-state index contributed by atoms with van der Waals surface area (Å²) < 4.78 is 3.85. The first-order valence-electron chi connectivity index (χ1n) is 12.1. The molecule has 7 aromatic rings. The predicted octanol–water partition coefficient (Wildman–Crippen LogP) is 11.4. The standard InChI is InChI=1S/C32H21BrS4/c33-23-11-5-10-22(31(26-14-6-16-34-26)28-18-20-8-1-3-12-24(20)36-28)30(23)32(27-15-7-17-35-27)29-19-21-9-2-4-13-25(21)37-29/h1-19,31-32H. The molecule has 0 radical (unpaired) electrons. The molecule has 0 amide bonds. The molecule has 0 aliphatic rings. The zero-order valence-corrected chi connectivity index (χ0v) is 24.5. The third-order valence-corrected chi connectivity index (χ3v) is 11.7. The quantitative estimate of drug-likeness (QED) is 0.175. The molecular formula is C32H21BrS4. The molecule has 0 bridgehead atoms. The monoisotopic (exact) mass is 612 g/mol. The Balaban J connectivity index is 1.49. The summed E-state index contributed by atoms with van der Waals surface area (Å²) in [7, 11) is 0. The van der Waals surface area contributed by atoms with Crippen LogP contribution in [0.1, 0.15) is 42.5 Å².